The number of benzene rings is 5. The van der Waals surface area contributed by atoms with Crippen LogP contribution in [-0.4, -0.2) is 9.64 Å². The SMILES string of the molecule is Cc1ccc(Sc2sc(-c3ccccc3)nc2[P+](c2ccccc2)(c2ccccc2)c2ccccc2)cc1.[O-][Cl+3]([O-])([O-])O. The number of aryl methyl sites for hydroxylation is 1. The Kier molecular flexibility index (Phi) is 10.1. The molecule has 5 nitrogen and oxygen atoms in total. The van der Waals surface area contributed by atoms with Crippen molar-refractivity contribution in [1.29, 1.82) is 0 Å². The van der Waals surface area contributed by atoms with Crippen LogP contribution in [-0.2, 0) is 0 Å². The molecule has 0 fully saturated rings. The summed E-state index contributed by atoms with van der Waals surface area (Å²) < 4.78 is 34.0. The minimum Gasteiger partial charge on any atom is -0.200 e. The first-order valence-electron chi connectivity index (χ1n) is 13.3. The van der Waals surface area contributed by atoms with Gasteiger partial charge in [0.15, 0.2) is 7.26 Å². The van der Waals surface area contributed by atoms with Crippen LogP contribution in [0.25, 0.3) is 10.6 Å². The molecule has 0 aliphatic rings. The molecule has 0 aliphatic carbocycles. The number of hydrogen-bond acceptors (Lipinski definition) is 7. The molecule has 0 saturated carbocycles. The first kappa shape index (κ1) is 31.1. The van der Waals surface area contributed by atoms with Gasteiger partial charge in [0.25, 0.3) is 0 Å². The molecule has 0 amide bonds. The lowest BCUT2D eigenvalue weighted by Gasteiger charge is -2.26. The summed E-state index contributed by atoms with van der Waals surface area (Å²) in [6.07, 6.45) is 0. The third-order valence-corrected chi connectivity index (χ3v) is 13.3. The Morgan fingerprint density at radius 3 is 1.44 bits per heavy atom. The molecule has 0 bridgehead atoms. The topological polar surface area (TPSA) is 102 Å². The van der Waals surface area contributed by atoms with Crippen molar-refractivity contribution >= 4 is 51.7 Å². The van der Waals surface area contributed by atoms with Crippen molar-refractivity contribution < 1.29 is 28.9 Å². The summed E-state index contributed by atoms with van der Waals surface area (Å²) in [5.41, 5.74) is 3.60. The molecule has 43 heavy (non-hydrogen) atoms. The fourth-order valence-corrected chi connectivity index (χ4v) is 12.0. The summed E-state index contributed by atoms with van der Waals surface area (Å²) in [7, 11) is -7.01. The van der Waals surface area contributed by atoms with Crippen LogP contribution in [0.2, 0.25) is 0 Å². The van der Waals surface area contributed by atoms with E-state index in [2.05, 4.69) is 153 Å². The highest BCUT2D eigenvalue weighted by molar-refractivity contribution is 8.05. The maximum absolute atomic E-state index is 8.60. The van der Waals surface area contributed by atoms with E-state index in [0.717, 1.165) is 10.6 Å². The summed E-state index contributed by atoms with van der Waals surface area (Å²) in [4.78, 5) is 6.77. The van der Waals surface area contributed by atoms with Gasteiger partial charge in [-0.1, -0.05) is 114 Å². The molecule has 9 heteroatoms. The minimum absolute atomic E-state index is 1.06. The zero-order valence-electron chi connectivity index (χ0n) is 23.1. The van der Waals surface area contributed by atoms with Gasteiger partial charge in [-0.15, -0.1) is 11.3 Å². The average molecular weight is 645 g/mol. The highest BCUT2D eigenvalue weighted by Crippen LogP contribution is 2.57. The summed E-state index contributed by atoms with van der Waals surface area (Å²) >= 11 is 3.64. The molecule has 6 aromatic rings. The highest BCUT2D eigenvalue weighted by Gasteiger charge is 2.52. The second-order valence-corrected chi connectivity index (χ2v) is 15.9. The number of thiazole rings is 1. The molecule has 216 valence electrons. The molecule has 1 aromatic heterocycles. The minimum atomic E-state index is -4.69. The quantitative estimate of drug-likeness (QED) is 0.266. The van der Waals surface area contributed by atoms with Gasteiger partial charge < -0.3 is 0 Å². The van der Waals surface area contributed by atoms with Crippen LogP contribution in [0.5, 0.6) is 0 Å². The van der Waals surface area contributed by atoms with Crippen molar-refractivity contribution in [3.63, 3.8) is 0 Å². The summed E-state index contributed by atoms with van der Waals surface area (Å²) in [5, 5.41) is 5.00. The maximum Gasteiger partial charge on any atom is 0.223 e. The van der Waals surface area contributed by atoms with Crippen LogP contribution in [0.1, 0.15) is 5.56 Å². The number of aromatic nitrogens is 1. The van der Waals surface area contributed by atoms with Gasteiger partial charge in [-0.05, 0) is 55.5 Å². The van der Waals surface area contributed by atoms with E-state index in [9.17, 15) is 0 Å². The third kappa shape index (κ3) is 7.60. The average Bonchev–Trinajstić information content (AvgIpc) is 3.44. The van der Waals surface area contributed by atoms with Crippen LogP contribution >= 0.6 is 30.4 Å². The van der Waals surface area contributed by atoms with Gasteiger partial charge in [0.2, 0.25) is 5.44 Å². The summed E-state index contributed by atoms with van der Waals surface area (Å²) in [5.74, 6) is 0. The number of nitrogens with zero attached hydrogens (tertiary/aromatic N) is 1. The second kappa shape index (κ2) is 14.0. The van der Waals surface area contributed by atoms with Crippen molar-refractivity contribution in [3.05, 3.63) is 151 Å². The smallest absolute Gasteiger partial charge is 0.200 e. The predicted molar refractivity (Wildman–Crippen MR) is 170 cm³/mol. The first-order chi connectivity index (χ1) is 20.7. The van der Waals surface area contributed by atoms with Crippen molar-refractivity contribution in [2.45, 2.75) is 16.0 Å². The number of halogens is 1. The van der Waals surface area contributed by atoms with E-state index in [1.807, 2.05) is 11.8 Å². The normalized spacial score (nSPS) is 11.5. The Morgan fingerprint density at radius 1 is 0.628 bits per heavy atom. The second-order valence-electron chi connectivity index (χ2n) is 9.48. The molecule has 0 saturated heterocycles. The van der Waals surface area contributed by atoms with E-state index in [4.69, 9.17) is 23.6 Å². The third-order valence-electron chi connectivity index (χ3n) is 6.58. The molecule has 0 unspecified atom stereocenters. The molecular formula is C34H28ClNO4PS2+. The van der Waals surface area contributed by atoms with Crippen LogP contribution in [0.3, 0.4) is 0 Å². The molecule has 0 atom stereocenters. The number of hydrogen-bond donors (Lipinski definition) is 1. The lowest BCUT2D eigenvalue weighted by atomic mass is 10.2. The van der Waals surface area contributed by atoms with Gasteiger partial charge in [0.1, 0.15) is 25.1 Å². The molecule has 0 spiro atoms. The van der Waals surface area contributed by atoms with Crippen LogP contribution < -0.4 is 35.3 Å². The maximum atomic E-state index is 8.60. The molecular weight excluding hydrogens is 617 g/mol. The Morgan fingerprint density at radius 2 is 1.02 bits per heavy atom. The van der Waals surface area contributed by atoms with E-state index in [1.165, 1.54) is 36.0 Å². The van der Waals surface area contributed by atoms with Crippen molar-refractivity contribution in [1.82, 2.24) is 4.98 Å². The van der Waals surface area contributed by atoms with E-state index < -0.39 is 17.5 Å². The lowest BCUT2D eigenvalue weighted by Crippen LogP contribution is -2.58. The fraction of sp³-hybridized carbons (Fsp3) is 0.0294. The van der Waals surface area contributed by atoms with Gasteiger partial charge in [0, 0.05) is 10.5 Å². The molecule has 1 N–H and O–H groups in total. The van der Waals surface area contributed by atoms with Crippen LogP contribution in [0.4, 0.5) is 0 Å². The van der Waals surface area contributed by atoms with Crippen LogP contribution in [0, 0.1) is 17.2 Å². The lowest BCUT2D eigenvalue weighted by molar-refractivity contribution is -1.92. The molecule has 1 heterocycles. The van der Waals surface area contributed by atoms with Gasteiger partial charge in [-0.3, -0.25) is 0 Å². The largest absolute Gasteiger partial charge is 0.223 e. The van der Waals surface area contributed by atoms with E-state index in [0.29, 0.717) is 0 Å². The van der Waals surface area contributed by atoms with Gasteiger partial charge in [-0.2, -0.15) is 19.0 Å². The standard InChI is InChI=1S/C34H27NPS2.ClHO4/c1-26-22-24-31(25-23-26)37-34-32(35-33(38-34)27-14-6-2-7-15-27)36(28-16-8-3-9-17-28,29-18-10-4-11-19-29)30-20-12-5-13-21-30;2-1(3,4)5/h2-25H,1H3;(H,2,3,4,5)/q+1;. The van der Waals surface area contributed by atoms with E-state index in [-0.39, 0.29) is 0 Å². The van der Waals surface area contributed by atoms with Crippen molar-refractivity contribution in [3.8, 4) is 10.6 Å². The zero-order chi connectivity index (χ0) is 30.3. The molecule has 6 rings (SSSR count). The summed E-state index contributed by atoms with van der Waals surface area (Å²) in [6, 6.07) is 52.4. The molecule has 0 aliphatic heterocycles. The Hall–Kier alpha value is -3.36. The Bertz CT molecular complexity index is 1630. The van der Waals surface area contributed by atoms with Crippen molar-refractivity contribution in [2.75, 3.05) is 0 Å². The first-order valence-corrected chi connectivity index (χ1v) is 17.9. The summed E-state index contributed by atoms with van der Waals surface area (Å²) in [6.45, 7) is 2.14. The van der Waals surface area contributed by atoms with Crippen LogP contribution in [0.15, 0.2) is 155 Å². The fourth-order valence-electron chi connectivity index (χ4n) is 4.76. The van der Waals surface area contributed by atoms with Crippen molar-refractivity contribution in [2.24, 2.45) is 0 Å². The Balaban J connectivity index is 0.000000682. The number of rotatable bonds is 7. The van der Waals surface area contributed by atoms with Gasteiger partial charge >= 0.3 is 0 Å². The predicted octanol–water partition coefficient (Wildman–Crippen LogP) is 3.77. The highest BCUT2D eigenvalue weighted by atomic mass is 35.7. The Labute approximate surface area is 262 Å². The van der Waals surface area contributed by atoms with Gasteiger partial charge in [0.05, 0.1) is 14.9 Å². The van der Waals surface area contributed by atoms with E-state index in [1.54, 1.807) is 11.3 Å². The van der Waals surface area contributed by atoms with Gasteiger partial charge in [-0.25, -0.2) is 0 Å². The monoisotopic (exact) mass is 644 g/mol. The zero-order valence-corrected chi connectivity index (χ0v) is 26.4. The van der Waals surface area contributed by atoms with E-state index >= 15 is 0 Å². The molecule has 0 radical (unpaired) electrons. The molecule has 5 aromatic carbocycles.